The summed E-state index contributed by atoms with van der Waals surface area (Å²) in [6.45, 7) is 1.55. The van der Waals surface area contributed by atoms with E-state index < -0.39 is 17.8 Å². The Labute approximate surface area is 128 Å². The molecular formula is C16H18N2O4. The van der Waals surface area contributed by atoms with Crippen molar-refractivity contribution in [2.75, 3.05) is 5.01 Å². The largest absolute Gasteiger partial charge is 0.490 e. The minimum absolute atomic E-state index is 0.274. The molecule has 0 saturated heterocycles. The Morgan fingerprint density at radius 1 is 1.27 bits per heavy atom. The smallest absolute Gasteiger partial charge is 0.322 e. The van der Waals surface area contributed by atoms with Crippen molar-refractivity contribution in [3.05, 3.63) is 24.3 Å². The molecule has 0 aromatic heterocycles. The lowest BCUT2D eigenvalue weighted by molar-refractivity contribution is -0.142. The molecule has 1 unspecified atom stereocenters. The van der Waals surface area contributed by atoms with Crippen molar-refractivity contribution in [1.82, 2.24) is 0 Å². The van der Waals surface area contributed by atoms with Gasteiger partial charge in [-0.05, 0) is 56.9 Å². The second kappa shape index (κ2) is 5.79. The van der Waals surface area contributed by atoms with Crippen molar-refractivity contribution in [2.45, 2.75) is 38.7 Å². The number of carbonyl (C=O) groups excluding carboxylic acids is 1. The van der Waals surface area contributed by atoms with E-state index in [2.05, 4.69) is 5.10 Å². The number of ether oxygens (including phenoxy) is 1. The summed E-state index contributed by atoms with van der Waals surface area (Å²) in [6.07, 6.45) is 4.84. The van der Waals surface area contributed by atoms with Crippen LogP contribution in [0.15, 0.2) is 29.4 Å². The maximum absolute atomic E-state index is 12.1. The molecule has 1 aromatic carbocycles. The molecule has 1 aliphatic carbocycles. The molecule has 1 saturated carbocycles. The van der Waals surface area contributed by atoms with Crippen molar-refractivity contribution in [3.8, 4) is 5.75 Å². The molecular weight excluding hydrogens is 284 g/mol. The molecule has 0 bridgehead atoms. The molecule has 1 aromatic rings. The maximum Gasteiger partial charge on any atom is 0.322 e. The second-order valence-electron chi connectivity index (χ2n) is 5.68. The predicted molar refractivity (Wildman–Crippen MR) is 81.0 cm³/mol. The fourth-order valence-corrected chi connectivity index (χ4v) is 2.90. The Balaban J connectivity index is 1.73. The van der Waals surface area contributed by atoms with Crippen LogP contribution in [-0.4, -0.2) is 28.8 Å². The van der Waals surface area contributed by atoms with Crippen molar-refractivity contribution < 1.29 is 19.4 Å². The van der Waals surface area contributed by atoms with Crippen LogP contribution in [0.5, 0.6) is 5.75 Å². The third-order valence-corrected chi connectivity index (χ3v) is 4.06. The van der Waals surface area contributed by atoms with E-state index in [-0.39, 0.29) is 6.10 Å². The van der Waals surface area contributed by atoms with Crippen LogP contribution in [0.25, 0.3) is 0 Å². The summed E-state index contributed by atoms with van der Waals surface area (Å²) >= 11 is 0. The summed E-state index contributed by atoms with van der Waals surface area (Å²) in [5.41, 5.74) is 0.843. The molecule has 0 spiro atoms. The Morgan fingerprint density at radius 2 is 1.91 bits per heavy atom. The highest BCUT2D eigenvalue weighted by Gasteiger charge is 2.39. The number of carboxylic acids is 1. The summed E-state index contributed by atoms with van der Waals surface area (Å²) in [6, 6.07) is 7.03. The van der Waals surface area contributed by atoms with E-state index in [0.717, 1.165) is 23.6 Å². The van der Waals surface area contributed by atoms with Gasteiger partial charge in [0.25, 0.3) is 5.91 Å². The number of benzene rings is 1. The number of nitrogens with zero attached hydrogens (tertiary/aromatic N) is 2. The van der Waals surface area contributed by atoms with Gasteiger partial charge < -0.3 is 9.84 Å². The van der Waals surface area contributed by atoms with Gasteiger partial charge >= 0.3 is 5.97 Å². The highest BCUT2D eigenvalue weighted by molar-refractivity contribution is 6.25. The first-order valence-corrected chi connectivity index (χ1v) is 7.45. The lowest BCUT2D eigenvalue weighted by atomic mass is 10.1. The van der Waals surface area contributed by atoms with Gasteiger partial charge in [0, 0.05) is 0 Å². The Bertz CT molecular complexity index is 618. The first kappa shape index (κ1) is 14.6. The van der Waals surface area contributed by atoms with Crippen molar-refractivity contribution in [2.24, 2.45) is 11.0 Å². The number of aliphatic carboxylic acids is 1. The predicted octanol–water partition coefficient (Wildman–Crippen LogP) is 2.43. The lowest BCUT2D eigenvalue weighted by Gasteiger charge is -2.16. The number of carbonyl (C=O) groups is 2. The van der Waals surface area contributed by atoms with Crippen LogP contribution in [0, 0.1) is 5.92 Å². The van der Waals surface area contributed by atoms with Gasteiger partial charge in [-0.3, -0.25) is 9.59 Å². The zero-order chi connectivity index (χ0) is 15.7. The quantitative estimate of drug-likeness (QED) is 0.866. The van der Waals surface area contributed by atoms with E-state index in [9.17, 15) is 9.59 Å². The van der Waals surface area contributed by atoms with Gasteiger partial charge in [0.1, 0.15) is 5.75 Å². The number of anilines is 1. The molecule has 1 amide bonds. The van der Waals surface area contributed by atoms with Crippen molar-refractivity contribution in [3.63, 3.8) is 0 Å². The van der Waals surface area contributed by atoms with Gasteiger partial charge in [-0.15, -0.1) is 0 Å². The summed E-state index contributed by atoms with van der Waals surface area (Å²) in [4.78, 5) is 23.2. The number of amides is 1. The van der Waals surface area contributed by atoms with Gasteiger partial charge in [-0.2, -0.15) is 10.1 Å². The third kappa shape index (κ3) is 2.68. The summed E-state index contributed by atoms with van der Waals surface area (Å²) in [5, 5.41) is 14.3. The minimum Gasteiger partial charge on any atom is -0.490 e. The van der Waals surface area contributed by atoms with Crippen LogP contribution in [-0.2, 0) is 9.59 Å². The monoisotopic (exact) mass is 302 g/mol. The van der Waals surface area contributed by atoms with Gasteiger partial charge in [-0.1, -0.05) is 0 Å². The number of hydrogen-bond donors (Lipinski definition) is 1. The zero-order valence-corrected chi connectivity index (χ0v) is 12.4. The molecule has 2 aliphatic rings. The fraction of sp³-hybridized carbons (Fsp3) is 0.438. The standard InChI is InChI=1S/C16H18N2O4/c1-10-14(16(20)21)15(19)18(17-10)11-6-8-13(9-7-11)22-12-4-2-3-5-12/h6-9,12,14H,2-5H2,1H3,(H,20,21). The molecule has 1 heterocycles. The Hall–Kier alpha value is -2.37. The van der Waals surface area contributed by atoms with Crippen LogP contribution < -0.4 is 9.75 Å². The average Bonchev–Trinajstić information content (AvgIpc) is 3.08. The SMILES string of the molecule is CC1=NN(c2ccc(OC3CCCC3)cc2)C(=O)C1C(=O)O. The van der Waals surface area contributed by atoms with Crippen LogP contribution in [0.3, 0.4) is 0 Å². The topological polar surface area (TPSA) is 79.2 Å². The molecule has 6 nitrogen and oxygen atoms in total. The molecule has 1 fully saturated rings. The first-order valence-electron chi connectivity index (χ1n) is 7.45. The van der Waals surface area contributed by atoms with E-state index in [0.29, 0.717) is 11.4 Å². The van der Waals surface area contributed by atoms with Gasteiger partial charge in [0.2, 0.25) is 0 Å². The minimum atomic E-state index is -1.19. The molecule has 1 aliphatic heterocycles. The maximum atomic E-state index is 12.1. The van der Waals surface area contributed by atoms with E-state index in [1.54, 1.807) is 31.2 Å². The van der Waals surface area contributed by atoms with Gasteiger partial charge in [0.15, 0.2) is 5.92 Å². The highest BCUT2D eigenvalue weighted by Crippen LogP contribution is 2.28. The van der Waals surface area contributed by atoms with Crippen LogP contribution in [0.1, 0.15) is 32.6 Å². The number of hydrazone groups is 1. The Morgan fingerprint density at radius 3 is 2.45 bits per heavy atom. The molecule has 6 heteroatoms. The van der Waals surface area contributed by atoms with Crippen molar-refractivity contribution >= 4 is 23.3 Å². The lowest BCUT2D eigenvalue weighted by Crippen LogP contribution is -2.32. The number of rotatable bonds is 4. The average molecular weight is 302 g/mol. The van der Waals surface area contributed by atoms with E-state index in [4.69, 9.17) is 9.84 Å². The van der Waals surface area contributed by atoms with E-state index in [1.807, 2.05) is 0 Å². The molecule has 0 radical (unpaired) electrons. The summed E-state index contributed by atoms with van der Waals surface area (Å²) in [7, 11) is 0. The summed E-state index contributed by atoms with van der Waals surface area (Å²) < 4.78 is 5.87. The summed E-state index contributed by atoms with van der Waals surface area (Å²) in [5.74, 6) is -2.13. The normalized spacial score (nSPS) is 22.0. The van der Waals surface area contributed by atoms with E-state index in [1.165, 1.54) is 12.8 Å². The van der Waals surface area contributed by atoms with Gasteiger partial charge in [0.05, 0.1) is 17.5 Å². The molecule has 1 N–H and O–H groups in total. The first-order chi connectivity index (χ1) is 10.6. The number of hydrogen-bond acceptors (Lipinski definition) is 4. The van der Waals surface area contributed by atoms with E-state index >= 15 is 0 Å². The fourth-order valence-electron chi connectivity index (χ4n) is 2.90. The van der Waals surface area contributed by atoms with Crippen LogP contribution in [0.2, 0.25) is 0 Å². The number of carboxylic acid groups (broad SMARTS) is 1. The second-order valence-corrected chi connectivity index (χ2v) is 5.68. The van der Waals surface area contributed by atoms with Gasteiger partial charge in [-0.25, -0.2) is 0 Å². The third-order valence-electron chi connectivity index (χ3n) is 4.06. The van der Waals surface area contributed by atoms with Crippen LogP contribution in [0.4, 0.5) is 5.69 Å². The van der Waals surface area contributed by atoms with Crippen molar-refractivity contribution in [1.29, 1.82) is 0 Å². The zero-order valence-electron chi connectivity index (χ0n) is 12.4. The highest BCUT2D eigenvalue weighted by atomic mass is 16.5. The van der Waals surface area contributed by atoms with Crippen LogP contribution >= 0.6 is 0 Å². The molecule has 22 heavy (non-hydrogen) atoms. The molecule has 3 rings (SSSR count). The Kier molecular flexibility index (Phi) is 3.83. The molecule has 1 atom stereocenters. The molecule has 116 valence electrons.